The minimum atomic E-state index is -4.42. The molecule has 2 unspecified atom stereocenters. The highest BCUT2D eigenvalue weighted by molar-refractivity contribution is 5.87. The van der Waals surface area contributed by atoms with Crippen LogP contribution in [0.15, 0.2) is 48.5 Å². The van der Waals surface area contributed by atoms with Crippen LogP contribution in [-0.4, -0.2) is 33.7 Å². The van der Waals surface area contributed by atoms with Crippen molar-refractivity contribution >= 4 is 5.97 Å². The number of aliphatic hydroxyl groups excluding tert-OH is 1. The number of alkyl halides is 3. The molecule has 1 aliphatic heterocycles. The van der Waals surface area contributed by atoms with Crippen LogP contribution in [0.3, 0.4) is 0 Å². The molecule has 26 heavy (non-hydrogen) atoms. The molecule has 2 N–H and O–H groups in total. The quantitative estimate of drug-likeness (QED) is 0.867. The number of hydrogen-bond donors (Lipinski definition) is 2. The Morgan fingerprint density at radius 1 is 1.15 bits per heavy atom. The van der Waals surface area contributed by atoms with E-state index in [0.29, 0.717) is 25.1 Å². The molecule has 0 radical (unpaired) electrons. The third-order valence-electron chi connectivity index (χ3n) is 4.54. The number of rotatable bonds is 4. The van der Waals surface area contributed by atoms with Crippen molar-refractivity contribution in [3.63, 3.8) is 0 Å². The fraction of sp³-hybridized carbons (Fsp3) is 0.316. The number of likely N-dealkylation sites (tertiary alicyclic amines) is 1. The van der Waals surface area contributed by atoms with Crippen LogP contribution in [0.25, 0.3) is 0 Å². The Bertz CT molecular complexity index is 807. The number of carboxylic acids is 1. The van der Waals surface area contributed by atoms with Gasteiger partial charge in [0.05, 0.1) is 17.2 Å². The first-order valence-corrected chi connectivity index (χ1v) is 8.15. The van der Waals surface area contributed by atoms with E-state index in [1.807, 2.05) is 4.90 Å². The topological polar surface area (TPSA) is 60.8 Å². The first-order chi connectivity index (χ1) is 12.2. The van der Waals surface area contributed by atoms with Gasteiger partial charge in [0, 0.05) is 19.1 Å². The molecule has 3 rings (SSSR count). The average Bonchev–Trinajstić information content (AvgIpc) is 2.95. The van der Waals surface area contributed by atoms with Crippen LogP contribution in [0, 0.1) is 0 Å². The number of aliphatic hydroxyl groups is 1. The predicted octanol–water partition coefficient (Wildman–Crippen LogP) is 3.71. The lowest BCUT2D eigenvalue weighted by Gasteiger charge is -2.25. The summed E-state index contributed by atoms with van der Waals surface area (Å²) in [5, 5.41) is 19.1. The highest BCUT2D eigenvalue weighted by atomic mass is 19.4. The largest absolute Gasteiger partial charge is 0.478 e. The summed E-state index contributed by atoms with van der Waals surface area (Å²) in [6.45, 7) is 0.664. The summed E-state index contributed by atoms with van der Waals surface area (Å²) in [5.41, 5.74) is 0.656. The minimum absolute atomic E-state index is 0.151. The number of nitrogens with zero attached hydrogens (tertiary/aromatic N) is 1. The highest BCUT2D eigenvalue weighted by Gasteiger charge is 2.35. The SMILES string of the molecule is O=C(O)c1cccc(CN2CC(O)CC2c2cccc(C(F)(F)F)c2)c1. The van der Waals surface area contributed by atoms with Crippen molar-refractivity contribution < 1.29 is 28.2 Å². The lowest BCUT2D eigenvalue weighted by atomic mass is 10.0. The Hall–Kier alpha value is -2.38. The zero-order chi connectivity index (χ0) is 18.9. The van der Waals surface area contributed by atoms with Gasteiger partial charge in [0.15, 0.2) is 0 Å². The second kappa shape index (κ2) is 7.09. The number of β-amino-alcohol motifs (C(OH)–C–C–N with tert-alkyl or cyclic N) is 1. The van der Waals surface area contributed by atoms with Gasteiger partial charge in [-0.25, -0.2) is 4.79 Å². The monoisotopic (exact) mass is 365 g/mol. The summed E-state index contributed by atoms with van der Waals surface area (Å²) in [5.74, 6) is -1.04. The highest BCUT2D eigenvalue weighted by Crippen LogP contribution is 2.36. The molecule has 1 aliphatic rings. The van der Waals surface area contributed by atoms with Crippen LogP contribution in [-0.2, 0) is 12.7 Å². The van der Waals surface area contributed by atoms with Crippen molar-refractivity contribution in [1.29, 1.82) is 0 Å². The summed E-state index contributed by atoms with van der Waals surface area (Å²) in [4.78, 5) is 13.0. The molecule has 7 heteroatoms. The maximum Gasteiger partial charge on any atom is 0.416 e. The van der Waals surface area contributed by atoms with E-state index in [1.54, 1.807) is 18.2 Å². The Kier molecular flexibility index (Phi) is 5.02. The molecule has 2 aromatic carbocycles. The molecule has 0 bridgehead atoms. The number of carboxylic acid groups (broad SMARTS) is 1. The van der Waals surface area contributed by atoms with Crippen molar-refractivity contribution in [2.75, 3.05) is 6.54 Å². The second-order valence-corrected chi connectivity index (χ2v) is 6.46. The zero-order valence-electron chi connectivity index (χ0n) is 13.8. The second-order valence-electron chi connectivity index (χ2n) is 6.46. The van der Waals surface area contributed by atoms with Gasteiger partial charge in [-0.3, -0.25) is 4.90 Å². The van der Waals surface area contributed by atoms with E-state index >= 15 is 0 Å². The molecule has 0 amide bonds. The molecular formula is C19H18F3NO3. The number of carbonyl (C=O) groups is 1. The lowest BCUT2D eigenvalue weighted by molar-refractivity contribution is -0.137. The maximum absolute atomic E-state index is 13.0. The number of aromatic carboxylic acids is 1. The lowest BCUT2D eigenvalue weighted by Crippen LogP contribution is -2.24. The normalized spacial score (nSPS) is 21.1. The third kappa shape index (κ3) is 4.05. The van der Waals surface area contributed by atoms with Gasteiger partial charge in [-0.2, -0.15) is 13.2 Å². The third-order valence-corrected chi connectivity index (χ3v) is 4.54. The van der Waals surface area contributed by atoms with Crippen LogP contribution in [0.1, 0.15) is 39.5 Å². The standard InChI is InChI=1S/C19H18F3NO3/c20-19(21,22)15-6-2-4-13(8-15)17-9-16(24)11-23(17)10-12-3-1-5-14(7-12)18(25)26/h1-8,16-17,24H,9-11H2,(H,25,26). The fourth-order valence-electron chi connectivity index (χ4n) is 3.36. The Morgan fingerprint density at radius 3 is 2.58 bits per heavy atom. The summed E-state index contributed by atoms with van der Waals surface area (Å²) in [6, 6.07) is 11.2. The van der Waals surface area contributed by atoms with Crippen LogP contribution in [0.4, 0.5) is 13.2 Å². The van der Waals surface area contributed by atoms with Crippen LogP contribution >= 0.6 is 0 Å². The van der Waals surface area contributed by atoms with Gasteiger partial charge >= 0.3 is 12.1 Å². The van der Waals surface area contributed by atoms with Crippen LogP contribution in [0.2, 0.25) is 0 Å². The number of hydrogen-bond acceptors (Lipinski definition) is 3. The van der Waals surface area contributed by atoms with Crippen molar-refractivity contribution in [2.24, 2.45) is 0 Å². The Labute approximate surface area is 148 Å². The summed E-state index contributed by atoms with van der Waals surface area (Å²) >= 11 is 0. The van der Waals surface area contributed by atoms with Crippen molar-refractivity contribution in [3.8, 4) is 0 Å². The van der Waals surface area contributed by atoms with Crippen molar-refractivity contribution in [1.82, 2.24) is 4.90 Å². The molecule has 138 valence electrons. The van der Waals surface area contributed by atoms with Gasteiger partial charge in [-0.15, -0.1) is 0 Å². The molecule has 0 spiro atoms. The zero-order valence-corrected chi connectivity index (χ0v) is 13.8. The number of benzene rings is 2. The van der Waals surface area contributed by atoms with Gasteiger partial charge in [-0.1, -0.05) is 24.3 Å². The van der Waals surface area contributed by atoms with Crippen molar-refractivity contribution in [2.45, 2.75) is 31.3 Å². The molecule has 1 fully saturated rings. The van der Waals surface area contributed by atoms with Gasteiger partial charge in [-0.05, 0) is 41.8 Å². The van der Waals surface area contributed by atoms with Gasteiger partial charge in [0.1, 0.15) is 0 Å². The van der Waals surface area contributed by atoms with E-state index in [1.165, 1.54) is 18.2 Å². The molecule has 0 saturated carbocycles. The maximum atomic E-state index is 13.0. The molecule has 0 aromatic heterocycles. The Morgan fingerprint density at radius 2 is 1.88 bits per heavy atom. The van der Waals surface area contributed by atoms with Gasteiger partial charge < -0.3 is 10.2 Å². The smallest absolute Gasteiger partial charge is 0.416 e. The van der Waals surface area contributed by atoms with Crippen molar-refractivity contribution in [3.05, 3.63) is 70.8 Å². The van der Waals surface area contributed by atoms with Crippen LogP contribution < -0.4 is 0 Å². The molecule has 1 heterocycles. The molecule has 1 saturated heterocycles. The molecule has 0 aliphatic carbocycles. The predicted molar refractivity (Wildman–Crippen MR) is 88.6 cm³/mol. The van der Waals surface area contributed by atoms with E-state index in [2.05, 4.69) is 0 Å². The van der Waals surface area contributed by atoms with E-state index in [4.69, 9.17) is 5.11 Å². The molecule has 2 atom stereocenters. The van der Waals surface area contributed by atoms with E-state index in [9.17, 15) is 23.1 Å². The summed E-state index contributed by atoms with van der Waals surface area (Å²) in [7, 11) is 0. The van der Waals surface area contributed by atoms with E-state index in [-0.39, 0.29) is 11.6 Å². The molecular weight excluding hydrogens is 347 g/mol. The number of halogens is 3. The molecule has 4 nitrogen and oxygen atoms in total. The van der Waals surface area contributed by atoms with E-state index in [0.717, 1.165) is 17.7 Å². The minimum Gasteiger partial charge on any atom is -0.478 e. The first kappa shape index (κ1) is 18.4. The Balaban J connectivity index is 1.85. The van der Waals surface area contributed by atoms with E-state index < -0.39 is 23.8 Å². The summed E-state index contributed by atoms with van der Waals surface area (Å²) in [6.07, 6.45) is -4.73. The van der Waals surface area contributed by atoms with Gasteiger partial charge in [0.25, 0.3) is 0 Å². The van der Waals surface area contributed by atoms with Crippen LogP contribution in [0.5, 0.6) is 0 Å². The summed E-state index contributed by atoms with van der Waals surface area (Å²) < 4.78 is 38.9. The first-order valence-electron chi connectivity index (χ1n) is 8.15. The van der Waals surface area contributed by atoms with Gasteiger partial charge in [0.2, 0.25) is 0 Å². The fourth-order valence-corrected chi connectivity index (χ4v) is 3.36. The average molecular weight is 365 g/mol. The molecule has 2 aromatic rings.